The van der Waals surface area contributed by atoms with Crippen molar-refractivity contribution in [2.24, 2.45) is 0 Å². The first-order valence-electron chi connectivity index (χ1n) is 6.46. The van der Waals surface area contributed by atoms with E-state index in [1.54, 1.807) is 22.9 Å². The van der Waals surface area contributed by atoms with Crippen molar-refractivity contribution in [2.45, 2.75) is 12.6 Å². The molecule has 0 aliphatic heterocycles. The lowest BCUT2D eigenvalue weighted by Gasteiger charge is -2.16. The topological polar surface area (TPSA) is 60.1 Å². The van der Waals surface area contributed by atoms with Crippen LogP contribution in [0, 0.1) is 0 Å². The zero-order valence-corrected chi connectivity index (χ0v) is 11.1. The van der Waals surface area contributed by atoms with Gasteiger partial charge >= 0.3 is 5.76 Å². The molecule has 102 valence electrons. The number of nitrogens with one attached hydrogen (secondary N) is 1. The molecule has 0 aliphatic carbocycles. The molecule has 0 spiro atoms. The first kappa shape index (κ1) is 12.6. The lowest BCUT2D eigenvalue weighted by atomic mass is 10.1. The number of likely N-dealkylation sites (N-methyl/N-ethyl adjacent to an activating group) is 1. The molecule has 0 bridgehead atoms. The number of benzene rings is 1. The van der Waals surface area contributed by atoms with Gasteiger partial charge in [0, 0.05) is 6.20 Å². The van der Waals surface area contributed by atoms with Gasteiger partial charge in [0.1, 0.15) is 0 Å². The van der Waals surface area contributed by atoms with Gasteiger partial charge in [0.05, 0.1) is 12.6 Å². The maximum atomic E-state index is 11.9. The number of aromatic nitrogens is 2. The predicted octanol–water partition coefficient (Wildman–Crippen LogP) is 1.95. The average Bonchev–Trinajstić information content (AvgIpc) is 2.81. The number of oxazole rings is 1. The van der Waals surface area contributed by atoms with Crippen LogP contribution in [0.4, 0.5) is 0 Å². The van der Waals surface area contributed by atoms with Crippen LogP contribution in [0.5, 0.6) is 0 Å². The summed E-state index contributed by atoms with van der Waals surface area (Å²) < 4.78 is 6.76. The SMILES string of the molecule is CNC(Cn1c(=O)oc2cccnc21)c1ccccc1. The van der Waals surface area contributed by atoms with Crippen molar-refractivity contribution >= 4 is 11.2 Å². The lowest BCUT2D eigenvalue weighted by Crippen LogP contribution is -2.26. The molecular weight excluding hydrogens is 254 g/mol. The molecule has 1 atom stereocenters. The fraction of sp³-hybridized carbons (Fsp3) is 0.200. The van der Waals surface area contributed by atoms with E-state index in [2.05, 4.69) is 10.3 Å². The van der Waals surface area contributed by atoms with Gasteiger partial charge in [-0.25, -0.2) is 9.78 Å². The molecule has 5 heteroatoms. The minimum atomic E-state index is -0.380. The Balaban J connectivity index is 2.00. The number of pyridine rings is 1. The van der Waals surface area contributed by atoms with Crippen LogP contribution >= 0.6 is 0 Å². The minimum absolute atomic E-state index is 0.0247. The van der Waals surface area contributed by atoms with E-state index in [1.165, 1.54) is 0 Å². The second kappa shape index (κ2) is 5.30. The van der Waals surface area contributed by atoms with Gasteiger partial charge in [0.25, 0.3) is 0 Å². The molecule has 0 fully saturated rings. The van der Waals surface area contributed by atoms with Crippen molar-refractivity contribution < 1.29 is 4.42 Å². The maximum Gasteiger partial charge on any atom is 0.421 e. The summed E-state index contributed by atoms with van der Waals surface area (Å²) in [7, 11) is 1.87. The van der Waals surface area contributed by atoms with Gasteiger partial charge in [-0.15, -0.1) is 0 Å². The quantitative estimate of drug-likeness (QED) is 0.786. The van der Waals surface area contributed by atoms with E-state index in [-0.39, 0.29) is 11.8 Å². The Morgan fingerprint density at radius 2 is 2.05 bits per heavy atom. The number of hydrogen-bond donors (Lipinski definition) is 1. The molecule has 1 N–H and O–H groups in total. The molecule has 20 heavy (non-hydrogen) atoms. The van der Waals surface area contributed by atoms with E-state index in [0.29, 0.717) is 17.8 Å². The van der Waals surface area contributed by atoms with Gasteiger partial charge in [0.15, 0.2) is 11.2 Å². The monoisotopic (exact) mass is 269 g/mol. The molecule has 0 radical (unpaired) electrons. The molecule has 5 nitrogen and oxygen atoms in total. The average molecular weight is 269 g/mol. The van der Waals surface area contributed by atoms with E-state index in [0.717, 1.165) is 5.56 Å². The molecule has 2 heterocycles. The van der Waals surface area contributed by atoms with E-state index in [9.17, 15) is 4.79 Å². The third-order valence-corrected chi connectivity index (χ3v) is 3.34. The van der Waals surface area contributed by atoms with Gasteiger partial charge in [-0.2, -0.15) is 0 Å². The molecule has 0 saturated carbocycles. The highest BCUT2D eigenvalue weighted by Gasteiger charge is 2.15. The third-order valence-electron chi connectivity index (χ3n) is 3.34. The summed E-state index contributed by atoms with van der Waals surface area (Å²) in [6, 6.07) is 13.5. The summed E-state index contributed by atoms with van der Waals surface area (Å²) >= 11 is 0. The first-order valence-corrected chi connectivity index (χ1v) is 6.46. The molecule has 3 rings (SSSR count). The summed E-state index contributed by atoms with van der Waals surface area (Å²) in [5, 5.41) is 3.22. The highest BCUT2D eigenvalue weighted by atomic mass is 16.4. The maximum absolute atomic E-state index is 11.9. The van der Waals surface area contributed by atoms with Crippen molar-refractivity contribution in [3.05, 3.63) is 64.8 Å². The Labute approximate surface area is 115 Å². The molecule has 0 saturated heterocycles. The van der Waals surface area contributed by atoms with E-state index < -0.39 is 0 Å². The van der Waals surface area contributed by atoms with Gasteiger partial charge in [0.2, 0.25) is 0 Å². The third kappa shape index (κ3) is 2.23. The van der Waals surface area contributed by atoms with Crippen LogP contribution < -0.4 is 11.1 Å². The van der Waals surface area contributed by atoms with Crippen molar-refractivity contribution in [1.29, 1.82) is 0 Å². The Morgan fingerprint density at radius 3 is 2.80 bits per heavy atom. The zero-order chi connectivity index (χ0) is 13.9. The molecule has 2 aromatic heterocycles. The smallest absolute Gasteiger partial charge is 0.406 e. The van der Waals surface area contributed by atoms with Crippen LogP contribution in [0.3, 0.4) is 0 Å². The van der Waals surface area contributed by atoms with E-state index in [1.807, 2.05) is 37.4 Å². The van der Waals surface area contributed by atoms with Crippen LogP contribution in [0.15, 0.2) is 57.9 Å². The zero-order valence-electron chi connectivity index (χ0n) is 11.1. The first-order chi connectivity index (χ1) is 9.79. The van der Waals surface area contributed by atoms with Crippen LogP contribution in [0.1, 0.15) is 11.6 Å². The van der Waals surface area contributed by atoms with Crippen molar-refractivity contribution in [2.75, 3.05) is 7.05 Å². The fourth-order valence-corrected chi connectivity index (χ4v) is 2.29. The Bertz CT molecular complexity index is 761. The van der Waals surface area contributed by atoms with E-state index >= 15 is 0 Å². The van der Waals surface area contributed by atoms with E-state index in [4.69, 9.17) is 4.42 Å². The molecule has 1 aromatic carbocycles. The summed E-state index contributed by atoms with van der Waals surface area (Å²) in [6.45, 7) is 0.476. The van der Waals surface area contributed by atoms with Gasteiger partial charge < -0.3 is 9.73 Å². The number of hydrogen-bond acceptors (Lipinski definition) is 4. The molecule has 0 aliphatic rings. The van der Waals surface area contributed by atoms with Crippen LogP contribution in [-0.4, -0.2) is 16.6 Å². The van der Waals surface area contributed by atoms with Gasteiger partial charge in [-0.1, -0.05) is 30.3 Å². The highest BCUT2D eigenvalue weighted by Crippen LogP contribution is 2.16. The van der Waals surface area contributed by atoms with Gasteiger partial charge in [-0.05, 0) is 24.7 Å². The van der Waals surface area contributed by atoms with Crippen LogP contribution in [0.2, 0.25) is 0 Å². The summed E-state index contributed by atoms with van der Waals surface area (Å²) in [4.78, 5) is 16.2. The van der Waals surface area contributed by atoms with Crippen LogP contribution in [0.25, 0.3) is 11.2 Å². The normalized spacial score (nSPS) is 12.7. The summed E-state index contributed by atoms with van der Waals surface area (Å²) in [5.41, 5.74) is 2.21. The number of rotatable bonds is 4. The predicted molar refractivity (Wildman–Crippen MR) is 76.5 cm³/mol. The Hall–Kier alpha value is -2.40. The highest BCUT2D eigenvalue weighted by molar-refractivity contribution is 5.67. The van der Waals surface area contributed by atoms with Gasteiger partial charge in [-0.3, -0.25) is 4.57 Å². The van der Waals surface area contributed by atoms with Crippen molar-refractivity contribution in [3.8, 4) is 0 Å². The lowest BCUT2D eigenvalue weighted by molar-refractivity contribution is 0.450. The standard InChI is InChI=1S/C15H15N3O2/c1-16-12(11-6-3-2-4-7-11)10-18-14-13(20-15(18)19)8-5-9-17-14/h2-9,12,16H,10H2,1H3. The van der Waals surface area contributed by atoms with Crippen LogP contribution in [-0.2, 0) is 6.54 Å². The molecule has 0 amide bonds. The molecule has 3 aromatic rings. The largest absolute Gasteiger partial charge is 0.421 e. The van der Waals surface area contributed by atoms with Crippen molar-refractivity contribution in [1.82, 2.24) is 14.9 Å². The fourth-order valence-electron chi connectivity index (χ4n) is 2.29. The summed E-state index contributed by atoms with van der Waals surface area (Å²) in [6.07, 6.45) is 1.66. The van der Waals surface area contributed by atoms with Crippen molar-refractivity contribution in [3.63, 3.8) is 0 Å². The Morgan fingerprint density at radius 1 is 1.25 bits per heavy atom. The Kier molecular flexibility index (Phi) is 3.35. The minimum Gasteiger partial charge on any atom is -0.406 e. The summed E-state index contributed by atoms with van der Waals surface area (Å²) in [5.74, 6) is -0.380. The second-order valence-corrected chi connectivity index (χ2v) is 4.56. The number of fused-ring (bicyclic) bond motifs is 1. The molecular formula is C15H15N3O2. The molecule has 1 unspecified atom stereocenters. The second-order valence-electron chi connectivity index (χ2n) is 4.56. The number of nitrogens with zero attached hydrogens (tertiary/aromatic N) is 2.